The van der Waals surface area contributed by atoms with Crippen LogP contribution in [-0.4, -0.2) is 32.2 Å². The molecule has 0 saturated heterocycles. The molecule has 1 amide bonds. The van der Waals surface area contributed by atoms with Crippen molar-refractivity contribution in [3.05, 3.63) is 60.0 Å². The van der Waals surface area contributed by atoms with Gasteiger partial charge < -0.3 is 16.4 Å². The smallest absolute Gasteiger partial charge is 0.254 e. The standard InChI is InChI=1S/C19H23N7O/c1-3-26-12-15(10-23-26)24-19-22-11-16(17(20)27)18(25-19)21-9-13(2)14-7-5-4-6-8-14/h4-8,10-13H,3,9H2,1-2H3,(H2,20,27)(H2,21,22,24,25)/t13-/m1/s1. The molecule has 0 spiro atoms. The lowest BCUT2D eigenvalue weighted by molar-refractivity contribution is 0.100. The van der Waals surface area contributed by atoms with Crippen molar-refractivity contribution in [2.24, 2.45) is 5.73 Å². The van der Waals surface area contributed by atoms with E-state index in [-0.39, 0.29) is 11.5 Å². The molecule has 27 heavy (non-hydrogen) atoms. The molecule has 3 aromatic rings. The average Bonchev–Trinajstić information content (AvgIpc) is 3.14. The number of hydrogen-bond donors (Lipinski definition) is 3. The maximum atomic E-state index is 11.7. The lowest BCUT2D eigenvalue weighted by atomic mass is 10.0. The van der Waals surface area contributed by atoms with E-state index >= 15 is 0 Å². The van der Waals surface area contributed by atoms with Gasteiger partial charge in [-0.15, -0.1) is 0 Å². The Morgan fingerprint density at radius 1 is 1.26 bits per heavy atom. The first kappa shape index (κ1) is 18.4. The Morgan fingerprint density at radius 2 is 2.04 bits per heavy atom. The van der Waals surface area contributed by atoms with E-state index < -0.39 is 5.91 Å². The minimum Gasteiger partial charge on any atom is -0.369 e. The van der Waals surface area contributed by atoms with Crippen LogP contribution >= 0.6 is 0 Å². The van der Waals surface area contributed by atoms with Gasteiger partial charge in [0.05, 0.1) is 17.4 Å². The zero-order valence-corrected chi connectivity index (χ0v) is 15.4. The number of nitrogens with one attached hydrogen (secondary N) is 2. The maximum absolute atomic E-state index is 11.7. The van der Waals surface area contributed by atoms with Crippen molar-refractivity contribution >= 4 is 23.4 Å². The summed E-state index contributed by atoms with van der Waals surface area (Å²) in [5.74, 6) is 0.437. The zero-order valence-electron chi connectivity index (χ0n) is 15.4. The van der Waals surface area contributed by atoms with E-state index in [9.17, 15) is 4.79 Å². The van der Waals surface area contributed by atoms with Crippen LogP contribution in [0.25, 0.3) is 0 Å². The van der Waals surface area contributed by atoms with Gasteiger partial charge in [0.25, 0.3) is 5.91 Å². The normalized spacial score (nSPS) is 11.8. The molecule has 0 aliphatic heterocycles. The van der Waals surface area contributed by atoms with Crippen molar-refractivity contribution < 1.29 is 4.79 Å². The van der Waals surface area contributed by atoms with Crippen LogP contribution < -0.4 is 16.4 Å². The Balaban J connectivity index is 1.76. The highest BCUT2D eigenvalue weighted by Gasteiger charge is 2.14. The first-order valence-electron chi connectivity index (χ1n) is 8.82. The summed E-state index contributed by atoms with van der Waals surface area (Å²) < 4.78 is 1.79. The molecule has 0 unspecified atom stereocenters. The van der Waals surface area contributed by atoms with Gasteiger partial charge in [-0.3, -0.25) is 9.48 Å². The average molecular weight is 365 g/mol. The molecular formula is C19H23N7O. The number of nitrogens with zero attached hydrogens (tertiary/aromatic N) is 4. The van der Waals surface area contributed by atoms with Crippen LogP contribution in [0.3, 0.4) is 0 Å². The lowest BCUT2D eigenvalue weighted by Crippen LogP contribution is -2.19. The molecule has 4 N–H and O–H groups in total. The summed E-state index contributed by atoms with van der Waals surface area (Å²) in [7, 11) is 0. The minimum absolute atomic E-state index is 0.237. The van der Waals surface area contributed by atoms with Crippen LogP contribution in [0, 0.1) is 0 Å². The van der Waals surface area contributed by atoms with Gasteiger partial charge in [0.2, 0.25) is 5.95 Å². The van der Waals surface area contributed by atoms with Crippen LogP contribution in [0.1, 0.15) is 35.7 Å². The van der Waals surface area contributed by atoms with E-state index in [1.165, 1.54) is 11.8 Å². The summed E-state index contributed by atoms with van der Waals surface area (Å²) in [5.41, 5.74) is 7.69. The van der Waals surface area contributed by atoms with Gasteiger partial charge in [-0.25, -0.2) is 4.98 Å². The fraction of sp³-hybridized carbons (Fsp3) is 0.263. The van der Waals surface area contributed by atoms with Gasteiger partial charge >= 0.3 is 0 Å². The Morgan fingerprint density at radius 3 is 2.70 bits per heavy atom. The summed E-state index contributed by atoms with van der Waals surface area (Å²) in [6, 6.07) is 10.1. The molecule has 0 saturated carbocycles. The first-order valence-corrected chi connectivity index (χ1v) is 8.82. The predicted octanol–water partition coefficient (Wildman–Crippen LogP) is 2.75. The largest absolute Gasteiger partial charge is 0.369 e. The van der Waals surface area contributed by atoms with Crippen LogP contribution in [-0.2, 0) is 6.54 Å². The molecule has 0 radical (unpaired) electrons. The highest BCUT2D eigenvalue weighted by atomic mass is 16.1. The van der Waals surface area contributed by atoms with Crippen LogP contribution in [0.15, 0.2) is 48.9 Å². The van der Waals surface area contributed by atoms with E-state index in [1.807, 2.05) is 31.3 Å². The predicted molar refractivity (Wildman–Crippen MR) is 105 cm³/mol. The van der Waals surface area contributed by atoms with Crippen molar-refractivity contribution in [1.82, 2.24) is 19.7 Å². The van der Waals surface area contributed by atoms with Gasteiger partial charge in [0.1, 0.15) is 5.82 Å². The van der Waals surface area contributed by atoms with Crippen molar-refractivity contribution in [3.63, 3.8) is 0 Å². The number of amides is 1. The number of nitrogens with two attached hydrogens (primary N) is 1. The van der Waals surface area contributed by atoms with Gasteiger partial charge in [-0.2, -0.15) is 10.1 Å². The highest BCUT2D eigenvalue weighted by Crippen LogP contribution is 2.20. The van der Waals surface area contributed by atoms with Gasteiger partial charge in [-0.1, -0.05) is 37.3 Å². The summed E-state index contributed by atoms with van der Waals surface area (Å²) in [5, 5.41) is 10.5. The molecule has 0 fully saturated rings. The molecule has 0 aliphatic carbocycles. The molecule has 1 atom stereocenters. The molecule has 3 rings (SSSR count). The third-order valence-electron chi connectivity index (χ3n) is 4.21. The minimum atomic E-state index is -0.574. The van der Waals surface area contributed by atoms with Crippen molar-refractivity contribution in [3.8, 4) is 0 Å². The second kappa shape index (κ2) is 8.31. The van der Waals surface area contributed by atoms with Gasteiger partial charge in [0.15, 0.2) is 0 Å². The Bertz CT molecular complexity index is 907. The highest BCUT2D eigenvalue weighted by molar-refractivity contribution is 5.97. The molecule has 8 nitrogen and oxygen atoms in total. The fourth-order valence-electron chi connectivity index (χ4n) is 2.64. The summed E-state index contributed by atoms with van der Waals surface area (Å²) in [4.78, 5) is 20.3. The maximum Gasteiger partial charge on any atom is 0.254 e. The molecule has 140 valence electrons. The molecule has 2 aromatic heterocycles. The van der Waals surface area contributed by atoms with Crippen molar-refractivity contribution in [1.29, 1.82) is 0 Å². The molecule has 8 heteroatoms. The molecule has 1 aromatic carbocycles. The Hall–Kier alpha value is -3.42. The SMILES string of the molecule is CCn1cc(Nc2ncc(C(N)=O)c(NC[C@@H](C)c3ccccc3)n2)cn1. The number of hydrogen-bond acceptors (Lipinski definition) is 6. The van der Waals surface area contributed by atoms with E-state index in [2.05, 4.69) is 44.8 Å². The zero-order chi connectivity index (χ0) is 19.2. The van der Waals surface area contributed by atoms with E-state index in [4.69, 9.17) is 5.73 Å². The Kier molecular flexibility index (Phi) is 5.65. The van der Waals surface area contributed by atoms with E-state index in [0.29, 0.717) is 18.3 Å². The molecular weight excluding hydrogens is 342 g/mol. The van der Waals surface area contributed by atoms with E-state index in [1.54, 1.807) is 10.9 Å². The summed E-state index contributed by atoms with van der Waals surface area (Å²) in [6.07, 6.45) is 4.98. The second-order valence-electron chi connectivity index (χ2n) is 6.22. The van der Waals surface area contributed by atoms with Gasteiger partial charge in [-0.05, 0) is 18.4 Å². The van der Waals surface area contributed by atoms with Crippen molar-refractivity contribution in [2.45, 2.75) is 26.3 Å². The lowest BCUT2D eigenvalue weighted by Gasteiger charge is -2.15. The fourth-order valence-corrected chi connectivity index (χ4v) is 2.64. The summed E-state index contributed by atoms with van der Waals surface area (Å²) in [6.45, 7) is 5.48. The number of primary amides is 1. The van der Waals surface area contributed by atoms with Crippen LogP contribution in [0.2, 0.25) is 0 Å². The third kappa shape index (κ3) is 4.60. The monoisotopic (exact) mass is 365 g/mol. The molecule has 2 heterocycles. The van der Waals surface area contributed by atoms with E-state index in [0.717, 1.165) is 12.2 Å². The number of aromatic nitrogens is 4. The molecule has 0 aliphatic rings. The number of benzene rings is 1. The second-order valence-corrected chi connectivity index (χ2v) is 6.22. The number of anilines is 3. The summed E-state index contributed by atoms with van der Waals surface area (Å²) >= 11 is 0. The Labute approximate surface area is 157 Å². The van der Waals surface area contributed by atoms with Crippen LogP contribution in [0.4, 0.5) is 17.5 Å². The first-order chi connectivity index (χ1) is 13.1. The quantitative estimate of drug-likeness (QED) is 0.566. The van der Waals surface area contributed by atoms with Gasteiger partial charge in [0, 0.05) is 25.5 Å². The number of rotatable bonds is 8. The van der Waals surface area contributed by atoms with Crippen molar-refractivity contribution in [2.75, 3.05) is 17.2 Å². The number of aryl methyl sites for hydroxylation is 1. The number of carbonyl (C=O) groups is 1. The number of carbonyl (C=O) groups excluding carboxylic acids is 1. The van der Waals surface area contributed by atoms with Crippen LogP contribution in [0.5, 0.6) is 0 Å². The molecule has 0 bridgehead atoms. The third-order valence-corrected chi connectivity index (χ3v) is 4.21. The topological polar surface area (TPSA) is 111 Å².